The summed E-state index contributed by atoms with van der Waals surface area (Å²) in [7, 11) is 0. The molecule has 1 aliphatic rings. The van der Waals surface area contributed by atoms with E-state index >= 15 is 0 Å². The van der Waals surface area contributed by atoms with Crippen molar-refractivity contribution in [2.24, 2.45) is 5.92 Å². The maximum Gasteiger partial charge on any atom is 0.261 e. The van der Waals surface area contributed by atoms with Crippen LogP contribution in [0.2, 0.25) is 0 Å². The summed E-state index contributed by atoms with van der Waals surface area (Å²) in [5.41, 5.74) is 1.40. The van der Waals surface area contributed by atoms with Gasteiger partial charge in [-0.3, -0.25) is 4.79 Å². The van der Waals surface area contributed by atoms with Crippen molar-refractivity contribution >= 4 is 33.2 Å². The molecule has 0 saturated carbocycles. The lowest BCUT2D eigenvalue weighted by molar-refractivity contribution is 0.0956. The van der Waals surface area contributed by atoms with Crippen LogP contribution >= 0.6 is 27.3 Å². The van der Waals surface area contributed by atoms with Gasteiger partial charge in [0, 0.05) is 16.2 Å². The third-order valence-corrected chi connectivity index (χ3v) is 6.55. The Labute approximate surface area is 134 Å². The van der Waals surface area contributed by atoms with Gasteiger partial charge in [0.1, 0.15) is 0 Å². The minimum atomic E-state index is 0.0970. The Balaban J connectivity index is 1.90. The van der Waals surface area contributed by atoms with E-state index in [1.165, 1.54) is 23.3 Å². The fourth-order valence-electron chi connectivity index (χ4n) is 2.85. The predicted molar refractivity (Wildman–Crippen MR) is 90.1 cm³/mol. The molecule has 1 heterocycles. The Hall–Kier alpha value is -0.350. The second-order valence-corrected chi connectivity index (χ2v) is 7.88. The van der Waals surface area contributed by atoms with Crippen molar-refractivity contribution in [2.75, 3.05) is 6.54 Å². The molecule has 4 heteroatoms. The Morgan fingerprint density at radius 1 is 1.35 bits per heavy atom. The molecule has 1 aliphatic carbocycles. The second kappa shape index (κ2) is 7.60. The zero-order chi connectivity index (χ0) is 14.5. The smallest absolute Gasteiger partial charge is 0.261 e. The molecule has 1 aromatic rings. The van der Waals surface area contributed by atoms with E-state index in [4.69, 9.17) is 0 Å². The van der Waals surface area contributed by atoms with E-state index in [-0.39, 0.29) is 5.91 Å². The SMILES string of the molecule is CCC(CC)C(Br)CNC(=O)c1cc2c(s1)CCCC2. The van der Waals surface area contributed by atoms with Gasteiger partial charge in [0.05, 0.1) is 4.88 Å². The number of hydrogen-bond donors (Lipinski definition) is 1. The van der Waals surface area contributed by atoms with Crippen LogP contribution in [0.4, 0.5) is 0 Å². The second-order valence-electron chi connectivity index (χ2n) is 5.57. The number of rotatable bonds is 6. The summed E-state index contributed by atoms with van der Waals surface area (Å²) in [5, 5.41) is 3.08. The minimum Gasteiger partial charge on any atom is -0.350 e. The maximum atomic E-state index is 12.2. The summed E-state index contributed by atoms with van der Waals surface area (Å²) < 4.78 is 0. The van der Waals surface area contributed by atoms with Crippen LogP contribution < -0.4 is 5.32 Å². The number of thiophene rings is 1. The first-order chi connectivity index (χ1) is 9.65. The van der Waals surface area contributed by atoms with Crippen LogP contribution in [0, 0.1) is 5.92 Å². The van der Waals surface area contributed by atoms with Gasteiger partial charge < -0.3 is 5.32 Å². The van der Waals surface area contributed by atoms with Crippen molar-refractivity contribution < 1.29 is 4.79 Å². The number of amides is 1. The summed E-state index contributed by atoms with van der Waals surface area (Å²) in [6.07, 6.45) is 7.14. The molecular formula is C16H24BrNOS. The Kier molecular flexibility index (Phi) is 6.09. The predicted octanol–water partition coefficient (Wildman–Crippen LogP) is 4.56. The zero-order valence-electron chi connectivity index (χ0n) is 12.4. The normalized spacial score (nSPS) is 16.0. The van der Waals surface area contributed by atoms with Crippen molar-refractivity contribution in [3.05, 3.63) is 21.4 Å². The van der Waals surface area contributed by atoms with E-state index < -0.39 is 0 Å². The molecule has 0 aliphatic heterocycles. The highest BCUT2D eigenvalue weighted by molar-refractivity contribution is 9.09. The summed E-state index contributed by atoms with van der Waals surface area (Å²) >= 11 is 5.40. The summed E-state index contributed by atoms with van der Waals surface area (Å²) in [4.78, 5) is 14.9. The lowest BCUT2D eigenvalue weighted by Crippen LogP contribution is -2.32. The van der Waals surface area contributed by atoms with Gasteiger partial charge >= 0.3 is 0 Å². The topological polar surface area (TPSA) is 29.1 Å². The first-order valence-corrected chi connectivity index (χ1v) is 9.42. The molecule has 20 heavy (non-hydrogen) atoms. The van der Waals surface area contributed by atoms with Crippen LogP contribution in [0.1, 0.15) is 59.6 Å². The first-order valence-electron chi connectivity index (χ1n) is 7.69. The van der Waals surface area contributed by atoms with Crippen LogP contribution in [0.5, 0.6) is 0 Å². The van der Waals surface area contributed by atoms with Gasteiger partial charge in [-0.2, -0.15) is 0 Å². The maximum absolute atomic E-state index is 12.2. The molecule has 0 fully saturated rings. The minimum absolute atomic E-state index is 0.0970. The standard InChI is InChI=1S/C16H24BrNOS/c1-3-11(4-2)13(17)10-18-16(19)15-9-12-7-5-6-8-14(12)20-15/h9,11,13H,3-8,10H2,1-2H3,(H,18,19). The number of aryl methyl sites for hydroxylation is 2. The molecule has 0 radical (unpaired) electrons. The fraction of sp³-hybridized carbons (Fsp3) is 0.688. The molecule has 0 bridgehead atoms. The Morgan fingerprint density at radius 3 is 2.70 bits per heavy atom. The van der Waals surface area contributed by atoms with Crippen LogP contribution in [0.15, 0.2) is 6.07 Å². The van der Waals surface area contributed by atoms with Gasteiger partial charge in [0.2, 0.25) is 0 Å². The Bertz CT molecular complexity index is 430. The number of fused-ring (bicyclic) bond motifs is 1. The van der Waals surface area contributed by atoms with E-state index in [0.29, 0.717) is 17.3 Å². The molecule has 0 aromatic carbocycles. The van der Waals surface area contributed by atoms with Crippen LogP contribution in [-0.4, -0.2) is 17.3 Å². The molecule has 2 nitrogen and oxygen atoms in total. The summed E-state index contributed by atoms with van der Waals surface area (Å²) in [6.45, 7) is 5.13. The van der Waals surface area contributed by atoms with Gasteiger partial charge in [-0.15, -0.1) is 11.3 Å². The third-order valence-electron chi connectivity index (χ3n) is 4.24. The van der Waals surface area contributed by atoms with Gasteiger partial charge in [-0.25, -0.2) is 0 Å². The molecule has 1 atom stereocenters. The summed E-state index contributed by atoms with van der Waals surface area (Å²) in [6, 6.07) is 2.11. The Morgan fingerprint density at radius 2 is 2.05 bits per heavy atom. The molecule has 0 saturated heterocycles. The highest BCUT2D eigenvalue weighted by atomic mass is 79.9. The van der Waals surface area contributed by atoms with Gasteiger partial charge in [0.15, 0.2) is 0 Å². The molecule has 1 amide bonds. The van der Waals surface area contributed by atoms with Gasteiger partial charge in [-0.1, -0.05) is 42.6 Å². The van der Waals surface area contributed by atoms with Crippen molar-refractivity contribution in [2.45, 2.75) is 57.2 Å². The molecule has 2 rings (SSSR count). The third kappa shape index (κ3) is 3.85. The lowest BCUT2D eigenvalue weighted by atomic mass is 9.99. The fourth-order valence-corrected chi connectivity index (χ4v) is 4.93. The van der Waals surface area contributed by atoms with Crippen LogP contribution in [-0.2, 0) is 12.8 Å². The van der Waals surface area contributed by atoms with E-state index in [2.05, 4.69) is 41.2 Å². The quantitative estimate of drug-likeness (QED) is 0.743. The van der Waals surface area contributed by atoms with E-state index in [0.717, 1.165) is 30.6 Å². The van der Waals surface area contributed by atoms with Crippen LogP contribution in [0.25, 0.3) is 0 Å². The van der Waals surface area contributed by atoms with Crippen molar-refractivity contribution in [1.82, 2.24) is 5.32 Å². The highest BCUT2D eigenvalue weighted by Crippen LogP contribution is 2.29. The van der Waals surface area contributed by atoms with Gasteiger partial charge in [0.25, 0.3) is 5.91 Å². The summed E-state index contributed by atoms with van der Waals surface area (Å²) in [5.74, 6) is 0.728. The molecule has 1 unspecified atom stereocenters. The van der Waals surface area contributed by atoms with Crippen molar-refractivity contribution in [1.29, 1.82) is 0 Å². The average molecular weight is 358 g/mol. The van der Waals surface area contributed by atoms with E-state index in [1.54, 1.807) is 11.3 Å². The number of alkyl halides is 1. The molecule has 1 N–H and O–H groups in total. The lowest BCUT2D eigenvalue weighted by Gasteiger charge is -2.19. The zero-order valence-corrected chi connectivity index (χ0v) is 14.8. The van der Waals surface area contributed by atoms with E-state index in [9.17, 15) is 4.79 Å². The van der Waals surface area contributed by atoms with Crippen LogP contribution in [0.3, 0.4) is 0 Å². The molecule has 1 aromatic heterocycles. The molecule has 112 valence electrons. The average Bonchev–Trinajstić information content (AvgIpc) is 2.90. The number of nitrogens with one attached hydrogen (secondary N) is 1. The highest BCUT2D eigenvalue weighted by Gasteiger charge is 2.19. The van der Waals surface area contributed by atoms with Crippen molar-refractivity contribution in [3.8, 4) is 0 Å². The number of halogens is 1. The molecule has 0 spiro atoms. The van der Waals surface area contributed by atoms with E-state index in [1.807, 2.05) is 0 Å². The monoisotopic (exact) mass is 357 g/mol. The van der Waals surface area contributed by atoms with Gasteiger partial charge in [-0.05, 0) is 43.2 Å². The number of hydrogen-bond acceptors (Lipinski definition) is 2. The van der Waals surface area contributed by atoms with Crippen molar-refractivity contribution in [3.63, 3.8) is 0 Å². The number of carbonyl (C=O) groups is 1. The largest absolute Gasteiger partial charge is 0.350 e. The molecular weight excluding hydrogens is 334 g/mol. The first kappa shape index (κ1) is 16.0. The number of carbonyl (C=O) groups excluding carboxylic acids is 1.